The van der Waals surface area contributed by atoms with Gasteiger partial charge in [-0.3, -0.25) is 4.79 Å². The molecular weight excluding hydrogens is 332 g/mol. The number of methoxy groups -OCH3 is 1. The monoisotopic (exact) mass is 358 g/mol. The Morgan fingerprint density at radius 1 is 1.42 bits per heavy atom. The Bertz CT molecular complexity index is 797. The van der Waals surface area contributed by atoms with E-state index in [1.54, 1.807) is 7.11 Å². The highest BCUT2D eigenvalue weighted by Gasteiger charge is 2.37. The standard InChI is InChI=1S/C20H26N2O4/c1-13-11-22(20(3,4)12-25-13)18(23)10-17-14(2)26-19(21-17)15-7-6-8-16(9-15)24-5/h6-9,13H,10-12H2,1-5H3. The van der Waals surface area contributed by atoms with E-state index in [4.69, 9.17) is 13.9 Å². The predicted octanol–water partition coefficient (Wildman–Crippen LogP) is 3.23. The molecule has 2 heterocycles. The second kappa shape index (κ2) is 7.11. The minimum atomic E-state index is -0.323. The Hall–Kier alpha value is -2.34. The molecule has 1 saturated heterocycles. The number of hydrogen-bond donors (Lipinski definition) is 0. The Labute approximate surface area is 154 Å². The molecule has 1 aromatic carbocycles. The molecule has 1 unspecified atom stereocenters. The van der Waals surface area contributed by atoms with Gasteiger partial charge < -0.3 is 18.8 Å². The van der Waals surface area contributed by atoms with Gasteiger partial charge in [-0.25, -0.2) is 4.98 Å². The second-order valence-electron chi connectivity index (χ2n) is 7.37. The number of oxazole rings is 1. The Balaban J connectivity index is 1.80. The van der Waals surface area contributed by atoms with Gasteiger partial charge in [-0.1, -0.05) is 6.07 Å². The van der Waals surface area contributed by atoms with Crippen LogP contribution in [0.2, 0.25) is 0 Å². The van der Waals surface area contributed by atoms with Crippen LogP contribution in [0, 0.1) is 6.92 Å². The van der Waals surface area contributed by atoms with E-state index in [2.05, 4.69) is 4.98 Å². The van der Waals surface area contributed by atoms with Crippen LogP contribution >= 0.6 is 0 Å². The maximum atomic E-state index is 12.9. The third kappa shape index (κ3) is 3.75. The maximum Gasteiger partial charge on any atom is 0.229 e. The summed E-state index contributed by atoms with van der Waals surface area (Å²) < 4.78 is 16.7. The van der Waals surface area contributed by atoms with E-state index in [1.807, 2.05) is 56.9 Å². The van der Waals surface area contributed by atoms with Crippen LogP contribution in [0.1, 0.15) is 32.2 Å². The van der Waals surface area contributed by atoms with Crippen molar-refractivity contribution in [3.63, 3.8) is 0 Å². The second-order valence-corrected chi connectivity index (χ2v) is 7.37. The molecule has 1 amide bonds. The number of hydrogen-bond acceptors (Lipinski definition) is 5. The summed E-state index contributed by atoms with van der Waals surface area (Å²) in [4.78, 5) is 19.3. The molecule has 0 spiro atoms. The van der Waals surface area contributed by atoms with E-state index in [0.29, 0.717) is 30.5 Å². The highest BCUT2D eigenvalue weighted by atomic mass is 16.5. The molecule has 0 aliphatic carbocycles. The molecular formula is C20H26N2O4. The molecule has 0 N–H and O–H groups in total. The first-order valence-electron chi connectivity index (χ1n) is 8.83. The maximum absolute atomic E-state index is 12.9. The number of nitrogens with zero attached hydrogens (tertiary/aromatic N) is 2. The van der Waals surface area contributed by atoms with Crippen molar-refractivity contribution >= 4 is 5.91 Å². The van der Waals surface area contributed by atoms with Crippen LogP contribution in [0.3, 0.4) is 0 Å². The van der Waals surface area contributed by atoms with E-state index in [-0.39, 0.29) is 24.0 Å². The number of aryl methyl sites for hydroxylation is 1. The lowest BCUT2D eigenvalue weighted by Crippen LogP contribution is -2.58. The summed E-state index contributed by atoms with van der Waals surface area (Å²) in [5.41, 5.74) is 1.17. The third-order valence-corrected chi connectivity index (χ3v) is 4.72. The van der Waals surface area contributed by atoms with E-state index in [1.165, 1.54) is 0 Å². The summed E-state index contributed by atoms with van der Waals surface area (Å²) in [6.45, 7) is 8.99. The average molecular weight is 358 g/mol. The van der Waals surface area contributed by atoms with Crippen molar-refractivity contribution in [1.29, 1.82) is 0 Å². The highest BCUT2D eigenvalue weighted by Crippen LogP contribution is 2.27. The largest absolute Gasteiger partial charge is 0.497 e. The molecule has 2 aromatic rings. The molecule has 0 saturated carbocycles. The minimum Gasteiger partial charge on any atom is -0.497 e. The number of aromatic nitrogens is 1. The van der Waals surface area contributed by atoms with E-state index < -0.39 is 0 Å². The number of carbonyl (C=O) groups is 1. The number of amides is 1. The van der Waals surface area contributed by atoms with Crippen molar-refractivity contribution in [2.45, 2.75) is 45.8 Å². The smallest absolute Gasteiger partial charge is 0.229 e. The summed E-state index contributed by atoms with van der Waals surface area (Å²) in [6, 6.07) is 7.53. The SMILES string of the molecule is COc1cccc(-c2nc(CC(=O)N3CC(C)OCC3(C)C)c(C)o2)c1. The van der Waals surface area contributed by atoms with Crippen molar-refractivity contribution in [2.75, 3.05) is 20.3 Å². The van der Waals surface area contributed by atoms with Crippen LogP contribution in [0.25, 0.3) is 11.5 Å². The molecule has 1 atom stereocenters. The highest BCUT2D eigenvalue weighted by molar-refractivity contribution is 5.79. The summed E-state index contributed by atoms with van der Waals surface area (Å²) >= 11 is 0. The first kappa shape index (κ1) is 18.5. The van der Waals surface area contributed by atoms with Crippen molar-refractivity contribution in [1.82, 2.24) is 9.88 Å². The molecule has 26 heavy (non-hydrogen) atoms. The number of morpholine rings is 1. The lowest BCUT2D eigenvalue weighted by atomic mass is 10.00. The van der Waals surface area contributed by atoms with Crippen molar-refractivity contribution < 1.29 is 18.7 Å². The van der Waals surface area contributed by atoms with E-state index >= 15 is 0 Å². The van der Waals surface area contributed by atoms with Gasteiger partial charge in [-0.15, -0.1) is 0 Å². The third-order valence-electron chi connectivity index (χ3n) is 4.72. The molecule has 3 rings (SSSR count). The number of rotatable bonds is 4. The zero-order chi connectivity index (χ0) is 18.9. The Morgan fingerprint density at radius 2 is 2.19 bits per heavy atom. The van der Waals surface area contributed by atoms with Crippen LogP contribution in [-0.2, 0) is 16.0 Å². The fourth-order valence-corrected chi connectivity index (χ4v) is 3.13. The van der Waals surface area contributed by atoms with Crippen molar-refractivity contribution in [3.05, 3.63) is 35.7 Å². The molecule has 1 aliphatic rings. The minimum absolute atomic E-state index is 0.0396. The van der Waals surface area contributed by atoms with Crippen molar-refractivity contribution in [2.24, 2.45) is 0 Å². The van der Waals surface area contributed by atoms with Gasteiger partial charge in [0.15, 0.2) is 0 Å². The van der Waals surface area contributed by atoms with Gasteiger partial charge >= 0.3 is 0 Å². The van der Waals surface area contributed by atoms with Gasteiger partial charge in [-0.05, 0) is 45.9 Å². The molecule has 6 heteroatoms. The van der Waals surface area contributed by atoms with Crippen LogP contribution in [0.5, 0.6) is 5.75 Å². The zero-order valence-corrected chi connectivity index (χ0v) is 16.0. The van der Waals surface area contributed by atoms with E-state index in [0.717, 1.165) is 11.3 Å². The number of benzene rings is 1. The molecule has 0 bridgehead atoms. The topological polar surface area (TPSA) is 64.8 Å². The summed E-state index contributed by atoms with van der Waals surface area (Å²) in [7, 11) is 1.62. The van der Waals surface area contributed by atoms with E-state index in [9.17, 15) is 4.79 Å². The Kier molecular flexibility index (Phi) is 5.05. The van der Waals surface area contributed by atoms with Crippen LogP contribution in [-0.4, -0.2) is 47.7 Å². The fourth-order valence-electron chi connectivity index (χ4n) is 3.13. The van der Waals surface area contributed by atoms with Gasteiger partial charge in [0.1, 0.15) is 11.5 Å². The lowest BCUT2D eigenvalue weighted by molar-refractivity contribution is -0.152. The fraction of sp³-hybridized carbons (Fsp3) is 0.500. The summed E-state index contributed by atoms with van der Waals surface area (Å²) in [5, 5.41) is 0. The quantitative estimate of drug-likeness (QED) is 0.840. The van der Waals surface area contributed by atoms with Crippen molar-refractivity contribution in [3.8, 4) is 17.2 Å². The van der Waals surface area contributed by atoms with Gasteiger partial charge in [-0.2, -0.15) is 0 Å². The first-order chi connectivity index (χ1) is 12.3. The summed E-state index contributed by atoms with van der Waals surface area (Å²) in [6.07, 6.45) is 0.257. The molecule has 140 valence electrons. The first-order valence-corrected chi connectivity index (χ1v) is 8.83. The number of carbonyl (C=O) groups excluding carboxylic acids is 1. The lowest BCUT2D eigenvalue weighted by Gasteiger charge is -2.44. The average Bonchev–Trinajstić information content (AvgIpc) is 2.97. The van der Waals surface area contributed by atoms with Gasteiger partial charge in [0.25, 0.3) is 0 Å². The van der Waals surface area contributed by atoms with Crippen LogP contribution in [0.15, 0.2) is 28.7 Å². The molecule has 1 aromatic heterocycles. The van der Waals surface area contributed by atoms with Crippen LogP contribution < -0.4 is 4.74 Å². The predicted molar refractivity (Wildman–Crippen MR) is 98.1 cm³/mol. The Morgan fingerprint density at radius 3 is 2.92 bits per heavy atom. The molecule has 1 aliphatic heterocycles. The molecule has 1 fully saturated rings. The zero-order valence-electron chi connectivity index (χ0n) is 16.0. The number of ether oxygens (including phenoxy) is 2. The van der Waals surface area contributed by atoms with Gasteiger partial charge in [0, 0.05) is 12.1 Å². The summed E-state index contributed by atoms with van der Waals surface area (Å²) in [5.74, 6) is 1.94. The van der Waals surface area contributed by atoms with Crippen LogP contribution in [0.4, 0.5) is 0 Å². The normalized spacial score (nSPS) is 19.4. The van der Waals surface area contributed by atoms with Gasteiger partial charge in [0.2, 0.25) is 11.8 Å². The molecule has 6 nitrogen and oxygen atoms in total. The molecule has 0 radical (unpaired) electrons. The van der Waals surface area contributed by atoms with Gasteiger partial charge in [0.05, 0.1) is 37.5 Å².